The summed E-state index contributed by atoms with van der Waals surface area (Å²) in [6, 6.07) is 16.1. The van der Waals surface area contributed by atoms with Crippen LogP contribution in [0.5, 0.6) is 0 Å². The number of nitrogens with zero attached hydrogens (tertiary/aromatic N) is 3. The first-order valence-corrected chi connectivity index (χ1v) is 8.49. The molecule has 0 bridgehead atoms. The number of hydrogen-bond donors (Lipinski definition) is 1. The first-order chi connectivity index (χ1) is 12.6. The summed E-state index contributed by atoms with van der Waals surface area (Å²) in [5.41, 5.74) is 2.98. The van der Waals surface area contributed by atoms with Gasteiger partial charge < -0.3 is 15.1 Å². The van der Waals surface area contributed by atoms with Gasteiger partial charge in [0.2, 0.25) is 0 Å². The molecule has 0 radical (unpaired) electrons. The molecule has 1 saturated heterocycles. The summed E-state index contributed by atoms with van der Waals surface area (Å²) in [4.78, 5) is 28.3. The maximum Gasteiger partial charge on any atom is 0.321 e. The first kappa shape index (κ1) is 17.5. The van der Waals surface area contributed by atoms with Crippen LogP contribution >= 0.6 is 0 Å². The van der Waals surface area contributed by atoms with Gasteiger partial charge in [-0.05, 0) is 43.3 Å². The number of amides is 3. The lowest BCUT2D eigenvalue weighted by Gasteiger charge is -2.34. The SMILES string of the molecule is Cc1ccc(NC(=O)N2CCN(C(=O)c3ccc(C#N)cc3)CC2)cc1. The zero-order valence-corrected chi connectivity index (χ0v) is 14.6. The molecule has 0 aliphatic carbocycles. The van der Waals surface area contributed by atoms with Gasteiger partial charge in [-0.25, -0.2) is 4.79 Å². The molecule has 1 heterocycles. The predicted molar refractivity (Wildman–Crippen MR) is 98.8 cm³/mol. The molecule has 0 unspecified atom stereocenters. The van der Waals surface area contributed by atoms with E-state index in [2.05, 4.69) is 5.32 Å². The second kappa shape index (κ2) is 7.70. The predicted octanol–water partition coefficient (Wildman–Crippen LogP) is 2.86. The van der Waals surface area contributed by atoms with Gasteiger partial charge in [0.05, 0.1) is 11.6 Å². The zero-order chi connectivity index (χ0) is 18.5. The quantitative estimate of drug-likeness (QED) is 0.907. The summed E-state index contributed by atoms with van der Waals surface area (Å²) in [6.45, 7) is 3.94. The Morgan fingerprint density at radius 1 is 0.923 bits per heavy atom. The second-order valence-electron chi connectivity index (χ2n) is 6.26. The van der Waals surface area contributed by atoms with Crippen LogP contribution in [0.4, 0.5) is 10.5 Å². The molecule has 6 nitrogen and oxygen atoms in total. The summed E-state index contributed by atoms with van der Waals surface area (Å²) in [6.07, 6.45) is 0. The summed E-state index contributed by atoms with van der Waals surface area (Å²) < 4.78 is 0. The minimum atomic E-state index is -0.153. The van der Waals surface area contributed by atoms with Gasteiger partial charge in [-0.2, -0.15) is 5.26 Å². The van der Waals surface area contributed by atoms with Gasteiger partial charge in [-0.1, -0.05) is 17.7 Å². The number of hydrogen-bond acceptors (Lipinski definition) is 3. The molecular weight excluding hydrogens is 328 g/mol. The molecule has 2 aromatic carbocycles. The normalized spacial score (nSPS) is 13.8. The van der Waals surface area contributed by atoms with E-state index < -0.39 is 0 Å². The number of carbonyl (C=O) groups is 2. The number of urea groups is 1. The van der Waals surface area contributed by atoms with Gasteiger partial charge in [0.25, 0.3) is 5.91 Å². The third kappa shape index (κ3) is 4.01. The average molecular weight is 348 g/mol. The van der Waals surface area contributed by atoms with Crippen molar-refractivity contribution in [2.75, 3.05) is 31.5 Å². The molecular formula is C20H20N4O2. The number of nitriles is 1. The van der Waals surface area contributed by atoms with E-state index >= 15 is 0 Å². The highest BCUT2D eigenvalue weighted by molar-refractivity contribution is 5.95. The molecule has 1 aliphatic rings. The van der Waals surface area contributed by atoms with Gasteiger partial charge in [0.1, 0.15) is 0 Å². The van der Waals surface area contributed by atoms with Gasteiger partial charge in [0, 0.05) is 37.4 Å². The van der Waals surface area contributed by atoms with E-state index in [4.69, 9.17) is 5.26 Å². The summed E-state index contributed by atoms with van der Waals surface area (Å²) in [7, 11) is 0. The monoisotopic (exact) mass is 348 g/mol. The smallest absolute Gasteiger partial charge is 0.321 e. The molecule has 0 saturated carbocycles. The van der Waals surface area contributed by atoms with Crippen molar-refractivity contribution in [1.29, 1.82) is 5.26 Å². The van der Waals surface area contributed by atoms with E-state index in [1.165, 1.54) is 0 Å². The number of piperazine rings is 1. The molecule has 3 amide bonds. The van der Waals surface area contributed by atoms with Crippen molar-refractivity contribution in [1.82, 2.24) is 9.80 Å². The third-order valence-corrected chi connectivity index (χ3v) is 4.42. The van der Waals surface area contributed by atoms with E-state index in [0.29, 0.717) is 37.3 Å². The van der Waals surface area contributed by atoms with Gasteiger partial charge >= 0.3 is 6.03 Å². The number of benzene rings is 2. The van der Waals surface area contributed by atoms with Crippen LogP contribution in [0.3, 0.4) is 0 Å². The highest BCUT2D eigenvalue weighted by Gasteiger charge is 2.24. The fourth-order valence-electron chi connectivity index (χ4n) is 2.82. The van der Waals surface area contributed by atoms with Gasteiger partial charge in [-0.15, -0.1) is 0 Å². The number of anilines is 1. The lowest BCUT2D eigenvalue weighted by atomic mass is 10.1. The van der Waals surface area contributed by atoms with Crippen LogP contribution in [0.25, 0.3) is 0 Å². The van der Waals surface area contributed by atoms with Crippen LogP contribution in [0.2, 0.25) is 0 Å². The Bertz CT molecular complexity index is 830. The zero-order valence-electron chi connectivity index (χ0n) is 14.6. The van der Waals surface area contributed by atoms with Crippen molar-refractivity contribution in [2.45, 2.75) is 6.92 Å². The van der Waals surface area contributed by atoms with Crippen molar-refractivity contribution in [2.24, 2.45) is 0 Å². The van der Waals surface area contributed by atoms with Crippen LogP contribution < -0.4 is 5.32 Å². The summed E-state index contributed by atoms with van der Waals surface area (Å²) in [5.74, 6) is -0.0758. The number of carbonyl (C=O) groups excluding carboxylic acids is 2. The minimum absolute atomic E-state index is 0.0758. The lowest BCUT2D eigenvalue weighted by molar-refractivity contribution is 0.0671. The van der Waals surface area contributed by atoms with Crippen molar-refractivity contribution in [3.8, 4) is 6.07 Å². The molecule has 2 aromatic rings. The van der Waals surface area contributed by atoms with Crippen molar-refractivity contribution in [3.63, 3.8) is 0 Å². The molecule has 6 heteroatoms. The Labute approximate surface area is 152 Å². The molecule has 0 spiro atoms. The van der Waals surface area contributed by atoms with Gasteiger partial charge in [-0.3, -0.25) is 4.79 Å². The lowest BCUT2D eigenvalue weighted by Crippen LogP contribution is -2.51. The van der Waals surface area contributed by atoms with Crippen molar-refractivity contribution in [3.05, 3.63) is 65.2 Å². The van der Waals surface area contributed by atoms with Crippen molar-refractivity contribution >= 4 is 17.6 Å². The molecule has 132 valence electrons. The van der Waals surface area contributed by atoms with E-state index in [1.807, 2.05) is 37.3 Å². The maximum atomic E-state index is 12.5. The van der Waals surface area contributed by atoms with E-state index in [-0.39, 0.29) is 11.9 Å². The second-order valence-corrected chi connectivity index (χ2v) is 6.26. The highest BCUT2D eigenvalue weighted by atomic mass is 16.2. The van der Waals surface area contributed by atoms with E-state index in [1.54, 1.807) is 34.1 Å². The average Bonchev–Trinajstić information content (AvgIpc) is 2.69. The third-order valence-electron chi connectivity index (χ3n) is 4.42. The molecule has 1 N–H and O–H groups in total. The van der Waals surface area contributed by atoms with Crippen LogP contribution in [-0.2, 0) is 0 Å². The topological polar surface area (TPSA) is 76.4 Å². The van der Waals surface area contributed by atoms with E-state index in [0.717, 1.165) is 11.3 Å². The molecule has 0 atom stereocenters. The molecule has 0 aromatic heterocycles. The van der Waals surface area contributed by atoms with E-state index in [9.17, 15) is 9.59 Å². The molecule has 3 rings (SSSR count). The number of aryl methyl sites for hydroxylation is 1. The molecule has 1 aliphatic heterocycles. The fourth-order valence-corrected chi connectivity index (χ4v) is 2.82. The Hall–Kier alpha value is -3.33. The Balaban J connectivity index is 1.54. The maximum absolute atomic E-state index is 12.5. The van der Waals surface area contributed by atoms with Crippen molar-refractivity contribution < 1.29 is 9.59 Å². The van der Waals surface area contributed by atoms with Crippen LogP contribution in [0, 0.1) is 18.3 Å². The standard InChI is InChI=1S/C20H20N4O2/c1-15-2-8-18(9-3-15)22-20(26)24-12-10-23(11-13-24)19(25)17-6-4-16(14-21)5-7-17/h2-9H,10-13H2,1H3,(H,22,26). The number of nitrogens with one attached hydrogen (secondary N) is 1. The van der Waals surface area contributed by atoms with Gasteiger partial charge in [0.15, 0.2) is 0 Å². The largest absolute Gasteiger partial charge is 0.335 e. The highest BCUT2D eigenvalue weighted by Crippen LogP contribution is 2.13. The summed E-state index contributed by atoms with van der Waals surface area (Å²) in [5, 5.41) is 11.7. The Morgan fingerprint density at radius 2 is 1.50 bits per heavy atom. The van der Waals surface area contributed by atoms with Crippen LogP contribution in [0.1, 0.15) is 21.5 Å². The Morgan fingerprint density at radius 3 is 2.08 bits per heavy atom. The summed E-state index contributed by atoms with van der Waals surface area (Å²) >= 11 is 0. The fraction of sp³-hybridized carbons (Fsp3) is 0.250. The molecule has 1 fully saturated rings. The van der Waals surface area contributed by atoms with Crippen LogP contribution in [-0.4, -0.2) is 47.9 Å². The minimum Gasteiger partial charge on any atom is -0.335 e. The number of rotatable bonds is 2. The first-order valence-electron chi connectivity index (χ1n) is 8.49. The molecule has 26 heavy (non-hydrogen) atoms. The van der Waals surface area contributed by atoms with Crippen LogP contribution in [0.15, 0.2) is 48.5 Å². The Kier molecular flexibility index (Phi) is 5.18.